The zero-order chi connectivity index (χ0) is 15.4. The molecule has 0 saturated carbocycles. The van der Waals surface area contributed by atoms with E-state index in [0.29, 0.717) is 5.82 Å². The first-order chi connectivity index (χ1) is 10.7. The van der Waals surface area contributed by atoms with Gasteiger partial charge in [0.05, 0.1) is 11.1 Å². The fourth-order valence-corrected chi connectivity index (χ4v) is 1.90. The molecule has 0 unspecified atom stereocenters. The molecule has 7 heteroatoms. The number of benzene rings is 2. The Balaban J connectivity index is 1.85. The van der Waals surface area contributed by atoms with Gasteiger partial charge in [0.2, 0.25) is 0 Å². The molecule has 3 rings (SSSR count). The summed E-state index contributed by atoms with van der Waals surface area (Å²) in [5.41, 5.74) is 1.70. The van der Waals surface area contributed by atoms with E-state index in [-0.39, 0.29) is 5.69 Å². The van der Waals surface area contributed by atoms with Crippen LogP contribution in [-0.4, -0.2) is 26.0 Å². The molecule has 0 radical (unpaired) electrons. The fraction of sp³-hybridized carbons (Fsp3) is 0. The molecule has 7 nitrogen and oxygen atoms in total. The van der Waals surface area contributed by atoms with Gasteiger partial charge in [-0.1, -0.05) is 30.3 Å². The lowest BCUT2D eigenvalue weighted by Crippen LogP contribution is -1.94. The van der Waals surface area contributed by atoms with E-state index in [9.17, 15) is 10.1 Å². The Morgan fingerprint density at radius 3 is 2.50 bits per heavy atom. The molecule has 1 heterocycles. The third-order valence-corrected chi connectivity index (χ3v) is 3.00. The van der Waals surface area contributed by atoms with E-state index in [4.69, 9.17) is 0 Å². The van der Waals surface area contributed by atoms with Crippen LogP contribution in [0.2, 0.25) is 0 Å². The molecular weight excluding hydrogens is 282 g/mol. The van der Waals surface area contributed by atoms with Crippen molar-refractivity contribution < 1.29 is 4.92 Å². The van der Waals surface area contributed by atoms with Gasteiger partial charge < -0.3 is 0 Å². The van der Waals surface area contributed by atoms with Gasteiger partial charge in [0, 0.05) is 17.7 Å². The van der Waals surface area contributed by atoms with E-state index in [1.54, 1.807) is 23.0 Å². The fourth-order valence-electron chi connectivity index (χ4n) is 1.90. The average molecular weight is 293 g/mol. The summed E-state index contributed by atoms with van der Waals surface area (Å²) in [6.07, 6.45) is 3.10. The van der Waals surface area contributed by atoms with Crippen molar-refractivity contribution in [2.24, 2.45) is 5.10 Å². The lowest BCUT2D eigenvalue weighted by atomic mass is 10.2. The third-order valence-electron chi connectivity index (χ3n) is 3.00. The number of hydrogen-bond donors (Lipinski definition) is 0. The highest BCUT2D eigenvalue weighted by atomic mass is 16.6. The topological polar surface area (TPSA) is 86.2 Å². The number of non-ortho nitro benzene ring substituents is 1. The van der Waals surface area contributed by atoms with Crippen LogP contribution < -0.4 is 0 Å². The van der Waals surface area contributed by atoms with E-state index in [1.165, 1.54) is 18.5 Å². The van der Waals surface area contributed by atoms with Gasteiger partial charge in [0.1, 0.15) is 6.33 Å². The normalized spacial score (nSPS) is 10.9. The van der Waals surface area contributed by atoms with E-state index < -0.39 is 4.92 Å². The minimum absolute atomic E-state index is 0.0476. The van der Waals surface area contributed by atoms with Gasteiger partial charge in [0.25, 0.3) is 5.69 Å². The molecule has 0 amide bonds. The largest absolute Gasteiger partial charge is 0.269 e. The van der Waals surface area contributed by atoms with Crippen molar-refractivity contribution in [1.29, 1.82) is 0 Å². The van der Waals surface area contributed by atoms with Crippen molar-refractivity contribution in [1.82, 2.24) is 14.9 Å². The molecule has 0 atom stereocenters. The van der Waals surface area contributed by atoms with Crippen LogP contribution in [0.4, 0.5) is 5.69 Å². The summed E-state index contributed by atoms with van der Waals surface area (Å²) in [6, 6.07) is 15.7. The predicted octanol–water partition coefficient (Wildman–Crippen LogP) is 2.74. The highest BCUT2D eigenvalue weighted by molar-refractivity contribution is 5.80. The molecular formula is C15H11N5O2. The van der Waals surface area contributed by atoms with Crippen molar-refractivity contribution in [2.75, 3.05) is 0 Å². The van der Waals surface area contributed by atoms with Crippen LogP contribution in [0.25, 0.3) is 11.4 Å². The van der Waals surface area contributed by atoms with Crippen molar-refractivity contribution in [2.45, 2.75) is 0 Å². The minimum atomic E-state index is -0.436. The van der Waals surface area contributed by atoms with E-state index in [0.717, 1.165) is 11.1 Å². The maximum Gasteiger partial charge on any atom is 0.269 e. The Hall–Kier alpha value is -3.35. The molecule has 0 fully saturated rings. The molecule has 2 aromatic carbocycles. The quantitative estimate of drug-likeness (QED) is 0.420. The lowest BCUT2D eigenvalue weighted by molar-refractivity contribution is -0.384. The van der Waals surface area contributed by atoms with Crippen LogP contribution >= 0.6 is 0 Å². The van der Waals surface area contributed by atoms with Crippen LogP contribution in [0.3, 0.4) is 0 Å². The maximum absolute atomic E-state index is 10.6. The van der Waals surface area contributed by atoms with E-state index in [2.05, 4.69) is 15.3 Å². The first kappa shape index (κ1) is 13.6. The monoisotopic (exact) mass is 293 g/mol. The second-order valence-corrected chi connectivity index (χ2v) is 4.46. The molecule has 0 aliphatic carbocycles. The number of rotatable bonds is 4. The van der Waals surface area contributed by atoms with Gasteiger partial charge in [0.15, 0.2) is 5.82 Å². The second-order valence-electron chi connectivity index (χ2n) is 4.46. The van der Waals surface area contributed by atoms with Crippen LogP contribution in [0.1, 0.15) is 5.56 Å². The van der Waals surface area contributed by atoms with Crippen LogP contribution in [0.15, 0.2) is 66.0 Å². The minimum Gasteiger partial charge on any atom is -0.258 e. The van der Waals surface area contributed by atoms with Crippen molar-refractivity contribution in [3.8, 4) is 11.4 Å². The zero-order valence-corrected chi connectivity index (χ0v) is 11.4. The van der Waals surface area contributed by atoms with Crippen molar-refractivity contribution >= 4 is 11.9 Å². The van der Waals surface area contributed by atoms with Crippen LogP contribution in [0.5, 0.6) is 0 Å². The van der Waals surface area contributed by atoms with Gasteiger partial charge in [-0.05, 0) is 17.7 Å². The summed E-state index contributed by atoms with van der Waals surface area (Å²) < 4.78 is 1.55. The summed E-state index contributed by atoms with van der Waals surface area (Å²) in [5.74, 6) is 0.624. The SMILES string of the molecule is O=[N+]([O-])c1ccc(/C=N\n2cnnc2-c2ccccc2)cc1. The Bertz CT molecular complexity index is 809. The first-order valence-electron chi connectivity index (χ1n) is 6.48. The van der Waals surface area contributed by atoms with Gasteiger partial charge >= 0.3 is 0 Å². The van der Waals surface area contributed by atoms with Gasteiger partial charge in [-0.2, -0.15) is 9.78 Å². The second kappa shape index (κ2) is 5.96. The highest BCUT2D eigenvalue weighted by Gasteiger charge is 2.06. The molecule has 0 bridgehead atoms. The molecule has 108 valence electrons. The summed E-state index contributed by atoms with van der Waals surface area (Å²) in [5, 5.41) is 22.8. The molecule has 0 aliphatic rings. The number of nitrogens with zero attached hydrogens (tertiary/aromatic N) is 5. The third kappa shape index (κ3) is 2.88. The molecule has 1 aromatic heterocycles. The number of aromatic nitrogens is 3. The van der Waals surface area contributed by atoms with Gasteiger partial charge in [-0.15, -0.1) is 10.2 Å². The molecule has 0 spiro atoms. The van der Waals surface area contributed by atoms with Crippen molar-refractivity contribution in [3.63, 3.8) is 0 Å². The summed E-state index contributed by atoms with van der Waals surface area (Å²) >= 11 is 0. The smallest absolute Gasteiger partial charge is 0.258 e. The van der Waals surface area contributed by atoms with Gasteiger partial charge in [-0.3, -0.25) is 10.1 Å². The Labute approximate surface area is 125 Å². The lowest BCUT2D eigenvalue weighted by Gasteiger charge is -2.00. The first-order valence-corrected chi connectivity index (χ1v) is 6.48. The predicted molar refractivity (Wildman–Crippen MR) is 81.5 cm³/mol. The molecule has 0 aliphatic heterocycles. The number of nitro groups is 1. The standard InChI is InChI=1S/C15H11N5O2/c21-20(22)14-8-6-12(7-9-14)10-17-19-11-16-18-15(19)13-4-2-1-3-5-13/h1-11H/b17-10-. The van der Waals surface area contributed by atoms with Crippen molar-refractivity contribution in [3.05, 3.63) is 76.6 Å². The molecule has 0 saturated heterocycles. The summed E-state index contributed by atoms with van der Waals surface area (Å²) in [6.45, 7) is 0. The molecule has 3 aromatic rings. The zero-order valence-electron chi connectivity index (χ0n) is 11.4. The number of hydrogen-bond acceptors (Lipinski definition) is 5. The average Bonchev–Trinajstić information content (AvgIpc) is 3.02. The van der Waals surface area contributed by atoms with Gasteiger partial charge in [-0.25, -0.2) is 0 Å². The Morgan fingerprint density at radius 1 is 1.09 bits per heavy atom. The summed E-state index contributed by atoms with van der Waals surface area (Å²) in [7, 11) is 0. The number of nitro benzene ring substituents is 1. The van der Waals surface area contributed by atoms with E-state index in [1.807, 2.05) is 30.3 Å². The van der Waals surface area contributed by atoms with E-state index >= 15 is 0 Å². The maximum atomic E-state index is 10.6. The Morgan fingerprint density at radius 2 is 1.82 bits per heavy atom. The molecule has 0 N–H and O–H groups in total. The van der Waals surface area contributed by atoms with Crippen LogP contribution in [0, 0.1) is 10.1 Å². The Kier molecular flexibility index (Phi) is 3.69. The molecule has 22 heavy (non-hydrogen) atoms. The highest BCUT2D eigenvalue weighted by Crippen LogP contribution is 2.15. The summed E-state index contributed by atoms with van der Waals surface area (Å²) in [4.78, 5) is 10.2. The van der Waals surface area contributed by atoms with Crippen LogP contribution in [-0.2, 0) is 0 Å².